The van der Waals surface area contributed by atoms with Crippen LogP contribution in [0.3, 0.4) is 0 Å². The number of aromatic nitrogens is 1. The van der Waals surface area contributed by atoms with Crippen LogP contribution >= 0.6 is 11.8 Å². The smallest absolute Gasteiger partial charge is 0.294 e. The number of nitro groups is 1. The number of rotatable bonds is 9. The molecule has 3 amide bonds. The molecule has 0 aliphatic carbocycles. The van der Waals surface area contributed by atoms with Crippen molar-refractivity contribution >= 4 is 46.3 Å². The predicted molar refractivity (Wildman–Crippen MR) is 138 cm³/mol. The predicted octanol–water partition coefficient (Wildman–Crippen LogP) is 4.47. The molecule has 13 heteroatoms. The van der Waals surface area contributed by atoms with Gasteiger partial charge >= 0.3 is 0 Å². The second-order valence-corrected chi connectivity index (χ2v) is 8.63. The Morgan fingerprint density at radius 2 is 1.84 bits per heavy atom. The molecule has 0 atom stereocenters. The summed E-state index contributed by atoms with van der Waals surface area (Å²) in [6, 6.07) is 14.2. The minimum atomic E-state index is -0.607. The lowest BCUT2D eigenvalue weighted by atomic mass is 10.2. The number of anilines is 1. The molecule has 194 valence electrons. The number of carbonyl (C=O) groups is 3. The van der Waals surface area contributed by atoms with Crippen LogP contribution in [0.2, 0.25) is 0 Å². The summed E-state index contributed by atoms with van der Waals surface area (Å²) >= 11 is 0.713. The normalized spacial score (nSPS) is 13.9. The summed E-state index contributed by atoms with van der Waals surface area (Å²) < 4.78 is 16.2. The van der Waals surface area contributed by atoms with E-state index in [1.54, 1.807) is 42.5 Å². The maximum Gasteiger partial charge on any atom is 0.294 e. The molecule has 1 saturated heterocycles. The van der Waals surface area contributed by atoms with E-state index >= 15 is 0 Å². The van der Waals surface area contributed by atoms with Crippen molar-refractivity contribution in [2.75, 3.05) is 26.1 Å². The number of pyridine rings is 1. The van der Waals surface area contributed by atoms with Gasteiger partial charge in [-0.15, -0.1) is 0 Å². The fourth-order valence-electron chi connectivity index (χ4n) is 3.38. The maximum atomic E-state index is 12.9. The highest BCUT2D eigenvalue weighted by molar-refractivity contribution is 8.18. The van der Waals surface area contributed by atoms with E-state index in [0.717, 1.165) is 11.1 Å². The summed E-state index contributed by atoms with van der Waals surface area (Å²) in [5, 5.41) is 12.8. The molecule has 1 aliphatic rings. The average molecular weight is 537 g/mol. The van der Waals surface area contributed by atoms with Gasteiger partial charge < -0.3 is 19.5 Å². The van der Waals surface area contributed by atoms with Crippen LogP contribution in [0, 0.1) is 10.1 Å². The number of hydrogen-bond acceptors (Lipinski definition) is 10. The molecule has 2 heterocycles. The number of para-hydroxylation sites is 2. The van der Waals surface area contributed by atoms with E-state index in [-0.39, 0.29) is 22.2 Å². The van der Waals surface area contributed by atoms with Crippen molar-refractivity contribution in [2.45, 2.75) is 0 Å². The van der Waals surface area contributed by atoms with E-state index in [0.29, 0.717) is 34.5 Å². The number of methoxy groups -OCH3 is 2. The first-order valence-electron chi connectivity index (χ1n) is 10.9. The monoisotopic (exact) mass is 536 g/mol. The fourth-order valence-corrected chi connectivity index (χ4v) is 4.22. The van der Waals surface area contributed by atoms with Crippen LogP contribution in [0.1, 0.15) is 5.56 Å². The second kappa shape index (κ2) is 11.4. The van der Waals surface area contributed by atoms with Gasteiger partial charge in [0, 0.05) is 12.1 Å². The van der Waals surface area contributed by atoms with Gasteiger partial charge in [-0.1, -0.05) is 18.2 Å². The molecule has 1 aliphatic heterocycles. The zero-order chi connectivity index (χ0) is 27.2. The number of hydrogen-bond donors (Lipinski definition) is 1. The highest BCUT2D eigenvalue weighted by Gasteiger charge is 2.36. The summed E-state index contributed by atoms with van der Waals surface area (Å²) in [4.78, 5) is 53.0. The van der Waals surface area contributed by atoms with E-state index in [1.807, 2.05) is 0 Å². The van der Waals surface area contributed by atoms with Gasteiger partial charge in [0.25, 0.3) is 16.8 Å². The molecule has 12 nitrogen and oxygen atoms in total. The number of amides is 3. The summed E-state index contributed by atoms with van der Waals surface area (Å²) in [7, 11) is 2.88. The largest absolute Gasteiger partial charge is 0.495 e. The summed E-state index contributed by atoms with van der Waals surface area (Å²) in [6.45, 7) is -0.460. The Morgan fingerprint density at radius 3 is 2.53 bits per heavy atom. The van der Waals surface area contributed by atoms with Crippen molar-refractivity contribution in [1.29, 1.82) is 0 Å². The molecule has 0 spiro atoms. The third-order valence-corrected chi connectivity index (χ3v) is 6.10. The summed E-state index contributed by atoms with van der Waals surface area (Å²) in [5.41, 5.74) is 0.779. The summed E-state index contributed by atoms with van der Waals surface area (Å²) in [5.74, 6) is -0.0122. The van der Waals surface area contributed by atoms with Gasteiger partial charge in [-0.05, 0) is 47.7 Å². The van der Waals surface area contributed by atoms with E-state index in [4.69, 9.17) is 14.2 Å². The number of thioether (sulfide) groups is 1. The van der Waals surface area contributed by atoms with Gasteiger partial charge in [-0.3, -0.25) is 29.4 Å². The topological polar surface area (TPSA) is 150 Å². The Morgan fingerprint density at radius 1 is 1.08 bits per heavy atom. The SMILES string of the molecule is COc1ccccc1NC(=O)CN1C(=O)S/C(=C/c2ccc(Oc3ccc([N+](=O)[O-])cn3)c(OC)c2)C1=O. The number of carbonyl (C=O) groups excluding carboxylic acids is 3. The Bertz CT molecular complexity index is 1440. The van der Waals surface area contributed by atoms with E-state index < -0.39 is 28.5 Å². The molecular weight excluding hydrogens is 516 g/mol. The first-order chi connectivity index (χ1) is 18.3. The molecule has 0 saturated carbocycles. The molecule has 1 aromatic heterocycles. The molecule has 1 fully saturated rings. The third kappa shape index (κ3) is 5.90. The Kier molecular flexibility index (Phi) is 7.87. The van der Waals surface area contributed by atoms with E-state index in [9.17, 15) is 24.5 Å². The summed E-state index contributed by atoms with van der Waals surface area (Å²) in [6.07, 6.45) is 2.57. The van der Waals surface area contributed by atoms with Crippen molar-refractivity contribution in [3.8, 4) is 23.1 Å². The number of nitrogens with zero attached hydrogens (tertiary/aromatic N) is 3. The molecule has 0 bridgehead atoms. The number of nitrogens with one attached hydrogen (secondary N) is 1. The minimum Gasteiger partial charge on any atom is -0.495 e. The van der Waals surface area contributed by atoms with Gasteiger partial charge in [0.1, 0.15) is 18.5 Å². The number of ether oxygens (including phenoxy) is 3. The molecule has 0 unspecified atom stereocenters. The van der Waals surface area contributed by atoms with Gasteiger partial charge in [-0.25, -0.2) is 4.98 Å². The van der Waals surface area contributed by atoms with Gasteiger partial charge in [-0.2, -0.15) is 0 Å². The molecular formula is C25H20N4O8S. The van der Waals surface area contributed by atoms with E-state index in [1.165, 1.54) is 32.4 Å². The van der Waals surface area contributed by atoms with Crippen LogP contribution < -0.4 is 19.5 Å². The molecule has 0 radical (unpaired) electrons. The lowest BCUT2D eigenvalue weighted by Crippen LogP contribution is -2.36. The zero-order valence-corrected chi connectivity index (χ0v) is 20.9. The molecule has 3 aromatic rings. The molecule has 4 rings (SSSR count). The Labute approximate surface area is 220 Å². The average Bonchev–Trinajstić information content (AvgIpc) is 3.17. The highest BCUT2D eigenvalue weighted by atomic mass is 32.2. The first-order valence-corrected chi connectivity index (χ1v) is 11.7. The van der Waals surface area contributed by atoms with Crippen LogP contribution in [0.4, 0.5) is 16.2 Å². The maximum absolute atomic E-state index is 12.9. The Balaban J connectivity index is 1.46. The second-order valence-electron chi connectivity index (χ2n) is 7.64. The van der Waals surface area contributed by atoms with Crippen LogP contribution in [-0.4, -0.2) is 52.6 Å². The highest BCUT2D eigenvalue weighted by Crippen LogP contribution is 2.36. The third-order valence-electron chi connectivity index (χ3n) is 5.19. The quantitative estimate of drug-likeness (QED) is 0.236. The number of imide groups is 1. The van der Waals surface area contributed by atoms with Crippen molar-refractivity contribution in [3.63, 3.8) is 0 Å². The lowest BCUT2D eigenvalue weighted by Gasteiger charge is -2.14. The number of benzene rings is 2. The van der Waals surface area contributed by atoms with E-state index in [2.05, 4.69) is 10.3 Å². The van der Waals surface area contributed by atoms with Crippen LogP contribution in [0.15, 0.2) is 65.7 Å². The minimum absolute atomic E-state index is 0.120. The van der Waals surface area contributed by atoms with Crippen molar-refractivity contribution in [3.05, 3.63) is 81.4 Å². The fraction of sp³-hybridized carbons (Fsp3) is 0.120. The molecule has 2 aromatic carbocycles. The van der Waals surface area contributed by atoms with Crippen molar-refractivity contribution in [2.24, 2.45) is 0 Å². The van der Waals surface area contributed by atoms with Gasteiger partial charge in [0.2, 0.25) is 11.8 Å². The van der Waals surface area contributed by atoms with Gasteiger partial charge in [0.15, 0.2) is 11.5 Å². The van der Waals surface area contributed by atoms with Crippen molar-refractivity contribution in [1.82, 2.24) is 9.88 Å². The molecule has 38 heavy (non-hydrogen) atoms. The van der Waals surface area contributed by atoms with Crippen LogP contribution in [0.5, 0.6) is 23.1 Å². The Hall–Kier alpha value is -4.91. The van der Waals surface area contributed by atoms with Crippen molar-refractivity contribution < 1.29 is 33.5 Å². The lowest BCUT2D eigenvalue weighted by molar-refractivity contribution is -0.385. The first kappa shape index (κ1) is 26.2. The zero-order valence-electron chi connectivity index (χ0n) is 20.1. The van der Waals surface area contributed by atoms with Gasteiger partial charge in [0.05, 0.1) is 29.7 Å². The standard InChI is InChI=1S/C25H20N4O8S/c1-35-18-6-4-3-5-17(18)27-22(30)14-28-24(31)21(38-25(28)32)12-15-7-9-19(20(11-15)36-2)37-23-10-8-16(13-26-23)29(33)34/h3-13H,14H2,1-2H3,(H,27,30)/b21-12+. The van der Waals surface area contributed by atoms with Crippen LogP contribution in [-0.2, 0) is 9.59 Å². The van der Waals surface area contributed by atoms with Crippen LogP contribution in [0.25, 0.3) is 6.08 Å². The molecule has 1 N–H and O–H groups in total.